The Kier molecular flexibility index (Phi) is 9.07. The first-order valence-electron chi connectivity index (χ1n) is 17.2. The maximum atomic E-state index is 13.5. The van der Waals surface area contributed by atoms with Crippen LogP contribution in [0.3, 0.4) is 0 Å². The Hall–Kier alpha value is -2.33. The average molecular weight is 671 g/mol. The molecule has 2 bridgehead atoms. The number of anilines is 1. The lowest BCUT2D eigenvalue weighted by Crippen LogP contribution is -2.50. The number of sulfonamides is 1. The highest BCUT2D eigenvalue weighted by Crippen LogP contribution is 2.49. The van der Waals surface area contributed by atoms with Gasteiger partial charge in [-0.1, -0.05) is 31.0 Å². The topological polar surface area (TPSA) is 94.2 Å². The fraction of sp³-hybridized carbons (Fsp3) is 0.639. The van der Waals surface area contributed by atoms with Gasteiger partial charge in [0.2, 0.25) is 10.0 Å². The van der Waals surface area contributed by atoms with Crippen molar-refractivity contribution >= 4 is 33.2 Å². The van der Waals surface area contributed by atoms with Gasteiger partial charge >= 0.3 is 0 Å². The van der Waals surface area contributed by atoms with Gasteiger partial charge in [-0.2, -0.15) is 0 Å². The lowest BCUT2D eigenvalue weighted by atomic mass is 9.64. The van der Waals surface area contributed by atoms with Crippen LogP contribution < -0.4 is 14.4 Å². The molecular formula is C36H47ClN2O6S. The van der Waals surface area contributed by atoms with Gasteiger partial charge in [0, 0.05) is 35.0 Å². The highest BCUT2D eigenvalue weighted by Gasteiger charge is 2.46. The molecule has 7 rings (SSSR count). The van der Waals surface area contributed by atoms with Crippen molar-refractivity contribution < 1.29 is 27.4 Å². The maximum Gasteiger partial charge on any atom is 0.264 e. The standard InChI is InChI=1S/C36H47ClN2O6S/c1-23-6-3-8-30(35-43-16-5-17-44-35)29-12-9-27(29)20-39-21-36(15-4-7-25-18-28(37)11-13-31(25)36)22-45-33-14-10-26(19-32(33)39)34(40)38-46(41,42)24(23)2/h10-11,13-14,18-19,23-24,27,29-30,35H,3-9,12,15-17,20-22H2,1-2H3,(H,38,40)/t23-,24+,27-,29+,30-,36-/m0/s1. The zero-order valence-electron chi connectivity index (χ0n) is 27.0. The van der Waals surface area contributed by atoms with E-state index in [2.05, 4.69) is 21.8 Å². The fourth-order valence-electron chi connectivity index (χ4n) is 8.73. The van der Waals surface area contributed by atoms with E-state index in [1.54, 1.807) is 13.0 Å². The van der Waals surface area contributed by atoms with Crippen LogP contribution in [-0.2, 0) is 31.3 Å². The Bertz CT molecular complexity index is 1560. The number of rotatable bonds is 1. The number of nitrogens with one attached hydrogen (secondary N) is 1. The number of carbonyl (C=O) groups excluding carboxylic acids is 1. The molecule has 1 saturated carbocycles. The lowest BCUT2D eigenvalue weighted by molar-refractivity contribution is -0.224. The predicted molar refractivity (Wildman–Crippen MR) is 179 cm³/mol. The Morgan fingerprint density at radius 1 is 0.957 bits per heavy atom. The van der Waals surface area contributed by atoms with Crippen molar-refractivity contribution in [3.8, 4) is 5.75 Å². The number of hydrogen-bond donors (Lipinski definition) is 1. The first kappa shape index (κ1) is 32.2. The molecule has 8 nitrogen and oxygen atoms in total. The minimum absolute atomic E-state index is 0.107. The number of nitrogens with zero attached hydrogens (tertiary/aromatic N) is 1. The number of carbonyl (C=O) groups is 1. The minimum Gasteiger partial charge on any atom is -0.490 e. The summed E-state index contributed by atoms with van der Waals surface area (Å²) in [7, 11) is -3.88. The van der Waals surface area contributed by atoms with Crippen LogP contribution in [0.2, 0.25) is 5.02 Å². The molecule has 2 aliphatic carbocycles. The van der Waals surface area contributed by atoms with Crippen molar-refractivity contribution in [1.82, 2.24) is 4.72 Å². The minimum atomic E-state index is -3.88. The van der Waals surface area contributed by atoms with Gasteiger partial charge < -0.3 is 19.1 Å². The van der Waals surface area contributed by atoms with Crippen LogP contribution in [0.25, 0.3) is 0 Å². The third kappa shape index (κ3) is 6.17. The first-order valence-corrected chi connectivity index (χ1v) is 19.2. The van der Waals surface area contributed by atoms with Crippen molar-refractivity contribution in [3.63, 3.8) is 0 Å². The molecule has 1 N–H and O–H groups in total. The molecule has 0 aromatic heterocycles. The monoisotopic (exact) mass is 670 g/mol. The van der Waals surface area contributed by atoms with E-state index >= 15 is 0 Å². The maximum absolute atomic E-state index is 13.5. The fourth-order valence-corrected chi connectivity index (χ4v) is 10.2. The van der Waals surface area contributed by atoms with E-state index < -0.39 is 21.2 Å². The summed E-state index contributed by atoms with van der Waals surface area (Å²) in [6.45, 7) is 7.21. The van der Waals surface area contributed by atoms with E-state index in [1.807, 2.05) is 25.1 Å². The predicted octanol–water partition coefficient (Wildman–Crippen LogP) is 6.49. The second kappa shape index (κ2) is 12.9. The molecule has 5 aliphatic rings. The molecule has 0 radical (unpaired) electrons. The van der Waals surface area contributed by atoms with E-state index in [0.29, 0.717) is 24.0 Å². The van der Waals surface area contributed by atoms with Crippen molar-refractivity contribution in [2.24, 2.45) is 23.7 Å². The number of aryl methyl sites for hydroxylation is 1. The molecule has 1 amide bonds. The Balaban J connectivity index is 1.29. The number of amides is 1. The average Bonchev–Trinajstić information content (AvgIpc) is 3.18. The van der Waals surface area contributed by atoms with Gasteiger partial charge in [0.05, 0.1) is 30.8 Å². The van der Waals surface area contributed by atoms with E-state index in [9.17, 15) is 13.2 Å². The van der Waals surface area contributed by atoms with Crippen LogP contribution in [-0.4, -0.2) is 58.8 Å². The normalized spacial score (nSPS) is 33.5. The third-order valence-corrected chi connectivity index (χ3v) is 13.9. The quantitative estimate of drug-likeness (QED) is 0.371. The molecule has 1 spiro atoms. The zero-order chi connectivity index (χ0) is 32.1. The largest absolute Gasteiger partial charge is 0.490 e. The molecule has 10 heteroatoms. The summed E-state index contributed by atoms with van der Waals surface area (Å²) in [4.78, 5) is 15.9. The number of ether oxygens (including phenoxy) is 3. The van der Waals surface area contributed by atoms with Gasteiger partial charge in [-0.25, -0.2) is 13.1 Å². The molecule has 3 aliphatic heterocycles. The zero-order valence-corrected chi connectivity index (χ0v) is 28.6. The Morgan fingerprint density at radius 2 is 1.78 bits per heavy atom. The Labute approximate surface area is 278 Å². The van der Waals surface area contributed by atoms with Crippen molar-refractivity contribution in [2.75, 3.05) is 37.8 Å². The van der Waals surface area contributed by atoms with Crippen LogP contribution >= 0.6 is 11.6 Å². The third-order valence-electron chi connectivity index (χ3n) is 11.7. The first-order chi connectivity index (χ1) is 22.1. The summed E-state index contributed by atoms with van der Waals surface area (Å²) >= 11 is 6.45. The van der Waals surface area contributed by atoms with E-state index in [1.165, 1.54) is 11.1 Å². The van der Waals surface area contributed by atoms with Crippen LogP contribution in [0.1, 0.15) is 86.7 Å². The molecule has 6 atom stereocenters. The van der Waals surface area contributed by atoms with Gasteiger partial charge in [0.15, 0.2) is 6.29 Å². The van der Waals surface area contributed by atoms with Gasteiger partial charge in [-0.15, -0.1) is 0 Å². The number of hydrogen-bond acceptors (Lipinski definition) is 7. The molecule has 1 saturated heterocycles. The smallest absolute Gasteiger partial charge is 0.264 e. The molecule has 2 aromatic rings. The summed E-state index contributed by atoms with van der Waals surface area (Å²) in [6, 6.07) is 11.6. The summed E-state index contributed by atoms with van der Waals surface area (Å²) < 4.78 is 48.3. The molecule has 250 valence electrons. The second-order valence-corrected chi connectivity index (χ2v) is 17.0. The summed E-state index contributed by atoms with van der Waals surface area (Å²) in [5, 5.41) is 0.0466. The summed E-state index contributed by atoms with van der Waals surface area (Å²) in [6.07, 6.45) is 8.56. The SMILES string of the molecule is C[C@@H]1[C@@H](C)CCC[C@H](C2OCCCO2)[C@@H]2CC[C@H]2CN2C[C@@]3(CCCc4cc(Cl)ccc43)COc3ccc(cc32)C(=O)NS1(=O)=O. The molecule has 2 fully saturated rings. The number of fused-ring (bicyclic) bond motifs is 4. The van der Waals surface area contributed by atoms with Crippen LogP contribution in [0.15, 0.2) is 36.4 Å². The molecule has 0 unspecified atom stereocenters. The van der Waals surface area contributed by atoms with Crippen molar-refractivity contribution in [2.45, 2.75) is 88.6 Å². The van der Waals surface area contributed by atoms with Crippen molar-refractivity contribution in [3.05, 3.63) is 58.1 Å². The number of halogens is 1. The second-order valence-electron chi connectivity index (χ2n) is 14.5. The number of benzene rings is 2. The van der Waals surface area contributed by atoms with E-state index in [0.717, 1.165) is 101 Å². The van der Waals surface area contributed by atoms with Crippen LogP contribution in [0.5, 0.6) is 5.75 Å². The molecule has 3 heterocycles. The van der Waals surface area contributed by atoms with Crippen molar-refractivity contribution in [1.29, 1.82) is 0 Å². The summed E-state index contributed by atoms with van der Waals surface area (Å²) in [5.74, 6) is 1.17. The van der Waals surface area contributed by atoms with E-state index in [-0.39, 0.29) is 23.5 Å². The Morgan fingerprint density at radius 3 is 2.57 bits per heavy atom. The van der Waals surface area contributed by atoms with Gasteiger partial charge in [-0.3, -0.25) is 4.79 Å². The molecule has 46 heavy (non-hydrogen) atoms. The molecule has 2 aromatic carbocycles. The van der Waals surface area contributed by atoms with E-state index in [4.69, 9.17) is 25.8 Å². The summed E-state index contributed by atoms with van der Waals surface area (Å²) in [5.41, 5.74) is 3.52. The lowest BCUT2D eigenvalue weighted by Gasteiger charge is -2.48. The van der Waals surface area contributed by atoms with Gasteiger partial charge in [0.1, 0.15) is 5.75 Å². The molecular weight excluding hydrogens is 624 g/mol. The van der Waals surface area contributed by atoms with Crippen LogP contribution in [0, 0.1) is 23.7 Å². The van der Waals surface area contributed by atoms with Gasteiger partial charge in [0.25, 0.3) is 5.91 Å². The van der Waals surface area contributed by atoms with Gasteiger partial charge in [-0.05, 0) is 118 Å². The highest BCUT2D eigenvalue weighted by molar-refractivity contribution is 7.90. The van der Waals surface area contributed by atoms with Crippen LogP contribution in [0.4, 0.5) is 5.69 Å². The highest BCUT2D eigenvalue weighted by atomic mass is 35.5.